The Balaban J connectivity index is -0.000000405. The van der Waals surface area contributed by atoms with E-state index in [1.807, 2.05) is 0 Å². The minimum Gasteiger partial charge on any atom is -0.547 e. The van der Waals surface area contributed by atoms with E-state index in [9.17, 15) is 19.8 Å². The van der Waals surface area contributed by atoms with Crippen molar-refractivity contribution >= 4 is 66.5 Å². The average molecular weight is 557 g/mol. The van der Waals surface area contributed by atoms with Gasteiger partial charge < -0.3 is 30.0 Å². The van der Waals surface area contributed by atoms with Crippen molar-refractivity contribution in [3.8, 4) is 0 Å². The van der Waals surface area contributed by atoms with Gasteiger partial charge in [0.1, 0.15) is 12.2 Å². The fourth-order valence-corrected chi connectivity index (χ4v) is 0.258. The second-order valence-electron chi connectivity index (χ2n) is 1.53. The van der Waals surface area contributed by atoms with Gasteiger partial charge in [0.25, 0.3) is 0 Å². The van der Waals surface area contributed by atoms with Crippen LogP contribution in [0.5, 0.6) is 0 Å². The molecule has 0 aromatic rings. The molecule has 0 aliphatic carbocycles. The molecule has 6 nitrogen and oxygen atoms in total. The molecule has 0 amide bonds. The molecule has 2 N–H and O–H groups in total. The summed E-state index contributed by atoms with van der Waals surface area (Å²) in [6, 6.07) is 0. The molecule has 0 radical (unpaired) electrons. The van der Waals surface area contributed by atoms with Crippen LogP contribution in [-0.4, -0.2) is 89.0 Å². The maximum atomic E-state index is 9.63. The molecular weight excluding hydrogens is 553 g/mol. The van der Waals surface area contributed by atoms with Gasteiger partial charge in [0.15, 0.2) is 0 Å². The first-order valence-electron chi connectivity index (χ1n) is 2.24. The van der Waals surface area contributed by atoms with E-state index < -0.39 is 24.1 Å². The van der Waals surface area contributed by atoms with E-state index in [1.54, 1.807) is 0 Å². The molecule has 0 rings (SSSR count). The molecule has 62 valence electrons. The van der Waals surface area contributed by atoms with Crippen LogP contribution in [-0.2, 0) is 9.59 Å². The topological polar surface area (TPSA) is 121 Å². The third-order valence-corrected chi connectivity index (χ3v) is 0.782. The van der Waals surface area contributed by atoms with Crippen LogP contribution in [0.1, 0.15) is 0 Å². The third kappa shape index (κ3) is 6.25. The SMILES string of the molecule is O=C([O-])[C@H](O)[C@@H](O)C(=O)[O-].[Tl+].[Tl+]. The first-order valence-corrected chi connectivity index (χ1v) is 2.24. The Bertz CT molecular complexity index is 142. The summed E-state index contributed by atoms with van der Waals surface area (Å²) in [5, 5.41) is 35.7. The summed E-state index contributed by atoms with van der Waals surface area (Å²) in [4.78, 5) is 19.3. The maximum absolute atomic E-state index is 9.63. The van der Waals surface area contributed by atoms with Crippen molar-refractivity contribution in [3.63, 3.8) is 0 Å². The summed E-state index contributed by atoms with van der Waals surface area (Å²) in [5.41, 5.74) is 0. The summed E-state index contributed by atoms with van der Waals surface area (Å²) >= 11 is 0. The number of aliphatic carboxylic acids is 2. The molecule has 0 saturated carbocycles. The quantitative estimate of drug-likeness (QED) is 0.335. The normalized spacial score (nSPS) is 13.2. The smallest absolute Gasteiger partial charge is 0.547 e. The van der Waals surface area contributed by atoms with Gasteiger partial charge >= 0.3 is 54.6 Å². The maximum Gasteiger partial charge on any atom is 1.00 e. The van der Waals surface area contributed by atoms with E-state index in [0.717, 1.165) is 0 Å². The number of carbonyl (C=O) groups is 2. The monoisotopic (exact) mass is 558 g/mol. The summed E-state index contributed by atoms with van der Waals surface area (Å²) in [6.07, 6.45) is -4.88. The summed E-state index contributed by atoms with van der Waals surface area (Å²) in [6.45, 7) is 0. The molecule has 0 aliphatic rings. The Hall–Kier alpha value is 0.704. The van der Waals surface area contributed by atoms with Crippen molar-refractivity contribution in [3.05, 3.63) is 0 Å². The predicted octanol–water partition coefficient (Wildman–Crippen LogP) is -5.55. The number of carboxylic acids is 2. The molecule has 0 unspecified atom stereocenters. The molecule has 0 bridgehead atoms. The van der Waals surface area contributed by atoms with Crippen LogP contribution in [0.25, 0.3) is 0 Å². The van der Waals surface area contributed by atoms with Crippen LogP contribution in [0.2, 0.25) is 0 Å². The Labute approximate surface area is 108 Å². The van der Waals surface area contributed by atoms with Crippen LogP contribution in [0.15, 0.2) is 0 Å². The number of aliphatic hydroxyl groups is 2. The van der Waals surface area contributed by atoms with Crippen molar-refractivity contribution in [2.45, 2.75) is 12.2 Å². The molecule has 0 spiro atoms. The fraction of sp³-hybridized carbons (Fsp3) is 0.500. The van der Waals surface area contributed by atoms with Crippen molar-refractivity contribution in [2.24, 2.45) is 0 Å². The first-order chi connectivity index (χ1) is 4.46. The third-order valence-electron chi connectivity index (χ3n) is 0.782. The molecule has 0 aliphatic heterocycles. The van der Waals surface area contributed by atoms with E-state index >= 15 is 0 Å². The van der Waals surface area contributed by atoms with E-state index in [2.05, 4.69) is 0 Å². The minimum atomic E-state index is -2.44. The molecule has 2 atom stereocenters. The summed E-state index contributed by atoms with van der Waals surface area (Å²) in [5.74, 6) is -4.12. The minimum absolute atomic E-state index is 0. The van der Waals surface area contributed by atoms with Gasteiger partial charge in [-0.25, -0.2) is 0 Å². The van der Waals surface area contributed by atoms with Gasteiger partial charge in [-0.1, -0.05) is 0 Å². The Kier molecular flexibility index (Phi) is 12.8. The van der Waals surface area contributed by atoms with E-state index in [1.165, 1.54) is 0 Å². The van der Waals surface area contributed by atoms with Gasteiger partial charge in [-0.15, -0.1) is 0 Å². The number of carbonyl (C=O) groups excluding carboxylic acids is 2. The van der Waals surface area contributed by atoms with Crippen LogP contribution >= 0.6 is 0 Å². The van der Waals surface area contributed by atoms with Gasteiger partial charge in [-0.05, 0) is 0 Å². The van der Waals surface area contributed by atoms with E-state index in [4.69, 9.17) is 10.2 Å². The van der Waals surface area contributed by atoms with Gasteiger partial charge in [0.05, 0.1) is 11.9 Å². The molecule has 0 fully saturated rings. The van der Waals surface area contributed by atoms with Gasteiger partial charge in [0, 0.05) is 0 Å². The van der Waals surface area contributed by atoms with Crippen molar-refractivity contribution < 1.29 is 30.0 Å². The first kappa shape index (κ1) is 18.5. The fourth-order valence-electron chi connectivity index (χ4n) is 0.258. The number of aliphatic hydroxyl groups excluding tert-OH is 2. The molecule has 8 heteroatoms. The number of rotatable bonds is 3. The zero-order chi connectivity index (χ0) is 8.31. The van der Waals surface area contributed by atoms with Crippen LogP contribution < -0.4 is 10.2 Å². The Morgan fingerprint density at radius 1 is 0.917 bits per heavy atom. The van der Waals surface area contributed by atoms with E-state index in [-0.39, 0.29) is 54.6 Å². The second-order valence-corrected chi connectivity index (χ2v) is 1.53. The van der Waals surface area contributed by atoms with Crippen LogP contribution in [0.4, 0.5) is 0 Å². The molecule has 0 aromatic carbocycles. The molecule has 0 saturated heterocycles. The zero-order valence-corrected chi connectivity index (χ0v) is 14.8. The van der Waals surface area contributed by atoms with Crippen molar-refractivity contribution in [2.75, 3.05) is 0 Å². The Morgan fingerprint density at radius 2 is 1.08 bits per heavy atom. The van der Waals surface area contributed by atoms with Gasteiger partial charge in [-0.2, -0.15) is 0 Å². The zero-order valence-electron chi connectivity index (χ0n) is 5.84. The molecule has 12 heavy (non-hydrogen) atoms. The second kappa shape index (κ2) is 8.31. The summed E-state index contributed by atoms with van der Waals surface area (Å²) < 4.78 is 0. The number of hydrogen-bond donors (Lipinski definition) is 2. The average Bonchev–Trinajstić information content (AvgIpc) is 1.84. The predicted molar refractivity (Wildman–Crippen MR) is 33.5 cm³/mol. The molecule has 0 heterocycles. The van der Waals surface area contributed by atoms with Crippen LogP contribution in [0.3, 0.4) is 0 Å². The van der Waals surface area contributed by atoms with Crippen molar-refractivity contribution in [1.29, 1.82) is 0 Å². The number of carboxylic acid groups (broad SMARTS) is 2. The van der Waals surface area contributed by atoms with Gasteiger partial charge in [-0.3, -0.25) is 0 Å². The standard InChI is InChI=1S/C4H6O6.2Tl/c5-1(3(7)8)2(6)4(9)10;;/h1-2,5-6H,(H,7,8)(H,9,10);;/q;2*+1/p-2/t1-,2-;;/m1../s1. The number of hydrogen-bond acceptors (Lipinski definition) is 6. The molecule has 0 aromatic heterocycles. The molecular formula is C4H4O6Tl2. The van der Waals surface area contributed by atoms with E-state index in [0.29, 0.717) is 0 Å². The van der Waals surface area contributed by atoms with Crippen molar-refractivity contribution in [1.82, 2.24) is 0 Å². The largest absolute Gasteiger partial charge is 1.00 e. The van der Waals surface area contributed by atoms with Gasteiger partial charge in [0.2, 0.25) is 0 Å². The van der Waals surface area contributed by atoms with Crippen LogP contribution in [0, 0.1) is 0 Å². The Morgan fingerprint density at radius 3 is 1.17 bits per heavy atom. The summed E-state index contributed by atoms with van der Waals surface area (Å²) in [7, 11) is 0.